The monoisotopic (exact) mass is 282 g/mol. The Labute approximate surface area is 123 Å². The molecule has 1 heterocycles. The SMILES string of the molecule is Cc1ccc2[nH]c(-c3ccccc3OCCO)nc2c1C. The zero-order valence-corrected chi connectivity index (χ0v) is 12.2. The smallest absolute Gasteiger partial charge is 0.142 e. The van der Waals surface area contributed by atoms with Crippen molar-refractivity contribution in [3.05, 3.63) is 47.5 Å². The molecular formula is C17H18N2O2. The molecule has 0 saturated heterocycles. The first-order valence-electron chi connectivity index (χ1n) is 6.99. The van der Waals surface area contributed by atoms with Crippen LogP contribution in [0.5, 0.6) is 5.75 Å². The van der Waals surface area contributed by atoms with Crippen molar-refractivity contribution in [2.24, 2.45) is 0 Å². The zero-order chi connectivity index (χ0) is 14.8. The fourth-order valence-corrected chi connectivity index (χ4v) is 2.38. The molecule has 0 spiro atoms. The first-order valence-corrected chi connectivity index (χ1v) is 6.99. The Morgan fingerprint density at radius 2 is 1.95 bits per heavy atom. The highest BCUT2D eigenvalue weighted by Gasteiger charge is 2.12. The molecule has 0 radical (unpaired) electrons. The van der Waals surface area contributed by atoms with Gasteiger partial charge in [0.15, 0.2) is 0 Å². The number of para-hydroxylation sites is 1. The third-order valence-electron chi connectivity index (χ3n) is 3.67. The largest absolute Gasteiger partial charge is 0.490 e. The summed E-state index contributed by atoms with van der Waals surface area (Å²) < 4.78 is 5.58. The van der Waals surface area contributed by atoms with Gasteiger partial charge >= 0.3 is 0 Å². The summed E-state index contributed by atoms with van der Waals surface area (Å²) in [5, 5.41) is 8.92. The number of aliphatic hydroxyl groups excluding tert-OH is 1. The molecular weight excluding hydrogens is 264 g/mol. The van der Waals surface area contributed by atoms with Crippen LogP contribution in [0.3, 0.4) is 0 Å². The number of benzene rings is 2. The van der Waals surface area contributed by atoms with E-state index >= 15 is 0 Å². The second kappa shape index (κ2) is 5.58. The average molecular weight is 282 g/mol. The van der Waals surface area contributed by atoms with Gasteiger partial charge in [-0.25, -0.2) is 4.98 Å². The van der Waals surface area contributed by atoms with Crippen molar-refractivity contribution in [1.29, 1.82) is 0 Å². The second-order valence-electron chi connectivity index (χ2n) is 5.06. The van der Waals surface area contributed by atoms with Crippen molar-refractivity contribution in [3.63, 3.8) is 0 Å². The lowest BCUT2D eigenvalue weighted by Gasteiger charge is -2.08. The highest BCUT2D eigenvalue weighted by atomic mass is 16.5. The van der Waals surface area contributed by atoms with Crippen molar-refractivity contribution < 1.29 is 9.84 Å². The summed E-state index contributed by atoms with van der Waals surface area (Å²) in [6, 6.07) is 11.8. The van der Waals surface area contributed by atoms with Crippen LogP contribution in [0.25, 0.3) is 22.4 Å². The molecule has 0 fully saturated rings. The van der Waals surface area contributed by atoms with E-state index in [1.54, 1.807) is 0 Å². The Morgan fingerprint density at radius 3 is 2.76 bits per heavy atom. The summed E-state index contributed by atoms with van der Waals surface area (Å²) in [6.07, 6.45) is 0. The molecule has 108 valence electrons. The topological polar surface area (TPSA) is 58.1 Å². The zero-order valence-electron chi connectivity index (χ0n) is 12.2. The average Bonchev–Trinajstić information content (AvgIpc) is 2.94. The summed E-state index contributed by atoms with van der Waals surface area (Å²) in [7, 11) is 0. The number of imidazole rings is 1. The lowest BCUT2D eigenvalue weighted by Crippen LogP contribution is -2.02. The van der Waals surface area contributed by atoms with Gasteiger partial charge in [-0.2, -0.15) is 0 Å². The van der Waals surface area contributed by atoms with Crippen LogP contribution in [-0.2, 0) is 0 Å². The molecule has 1 aromatic heterocycles. The van der Waals surface area contributed by atoms with Crippen LogP contribution in [-0.4, -0.2) is 28.3 Å². The molecule has 0 saturated carbocycles. The van der Waals surface area contributed by atoms with E-state index in [0.717, 1.165) is 28.2 Å². The van der Waals surface area contributed by atoms with Gasteiger partial charge in [0.2, 0.25) is 0 Å². The second-order valence-corrected chi connectivity index (χ2v) is 5.06. The number of nitrogens with zero attached hydrogens (tertiary/aromatic N) is 1. The standard InChI is InChI=1S/C17H18N2O2/c1-11-7-8-14-16(12(11)2)19-17(18-14)13-5-3-4-6-15(13)21-10-9-20/h3-8,20H,9-10H2,1-2H3,(H,18,19). The van der Waals surface area contributed by atoms with Crippen LogP contribution >= 0.6 is 0 Å². The van der Waals surface area contributed by atoms with E-state index in [0.29, 0.717) is 0 Å². The fraction of sp³-hybridized carbons (Fsp3) is 0.235. The van der Waals surface area contributed by atoms with Gasteiger partial charge in [0, 0.05) is 0 Å². The van der Waals surface area contributed by atoms with E-state index in [-0.39, 0.29) is 13.2 Å². The minimum Gasteiger partial charge on any atom is -0.490 e. The van der Waals surface area contributed by atoms with Crippen molar-refractivity contribution >= 4 is 11.0 Å². The summed E-state index contributed by atoms with van der Waals surface area (Å²) in [4.78, 5) is 8.06. The maximum absolute atomic E-state index is 8.92. The molecule has 0 aliphatic rings. The molecule has 0 aliphatic heterocycles. The number of hydrogen-bond donors (Lipinski definition) is 2. The van der Waals surface area contributed by atoms with Gasteiger partial charge in [-0.05, 0) is 43.2 Å². The molecule has 2 N–H and O–H groups in total. The number of fused-ring (bicyclic) bond motifs is 1. The first-order chi connectivity index (χ1) is 10.2. The number of rotatable bonds is 4. The minimum atomic E-state index is -0.00718. The van der Waals surface area contributed by atoms with Crippen LogP contribution in [0.15, 0.2) is 36.4 Å². The molecule has 0 bridgehead atoms. The molecule has 0 amide bonds. The van der Waals surface area contributed by atoms with Gasteiger partial charge in [0.1, 0.15) is 18.2 Å². The van der Waals surface area contributed by atoms with Crippen LogP contribution in [0.2, 0.25) is 0 Å². The number of aromatic nitrogens is 2. The van der Waals surface area contributed by atoms with E-state index in [1.807, 2.05) is 30.3 Å². The van der Waals surface area contributed by atoms with Gasteiger partial charge in [-0.3, -0.25) is 0 Å². The van der Waals surface area contributed by atoms with E-state index in [1.165, 1.54) is 11.1 Å². The third kappa shape index (κ3) is 2.50. The molecule has 0 unspecified atom stereocenters. The highest BCUT2D eigenvalue weighted by Crippen LogP contribution is 2.30. The number of hydrogen-bond acceptors (Lipinski definition) is 3. The van der Waals surface area contributed by atoms with Crippen LogP contribution in [0.4, 0.5) is 0 Å². The van der Waals surface area contributed by atoms with E-state index in [9.17, 15) is 0 Å². The van der Waals surface area contributed by atoms with Crippen molar-refractivity contribution in [2.75, 3.05) is 13.2 Å². The fourth-order valence-electron chi connectivity index (χ4n) is 2.38. The molecule has 21 heavy (non-hydrogen) atoms. The summed E-state index contributed by atoms with van der Waals surface area (Å²) >= 11 is 0. The Balaban J connectivity index is 2.10. The molecule has 0 atom stereocenters. The Kier molecular flexibility index (Phi) is 3.62. The Bertz CT molecular complexity index is 778. The summed E-state index contributed by atoms with van der Waals surface area (Å²) in [5.41, 5.74) is 5.32. The molecule has 4 heteroatoms. The van der Waals surface area contributed by atoms with Crippen LogP contribution < -0.4 is 4.74 Å². The van der Waals surface area contributed by atoms with E-state index in [2.05, 4.69) is 24.9 Å². The first kappa shape index (κ1) is 13.6. The minimum absolute atomic E-state index is 0.00718. The summed E-state index contributed by atoms with van der Waals surface area (Å²) in [6.45, 7) is 4.43. The lowest BCUT2D eigenvalue weighted by molar-refractivity contribution is 0.202. The van der Waals surface area contributed by atoms with E-state index in [4.69, 9.17) is 14.8 Å². The van der Waals surface area contributed by atoms with Crippen LogP contribution in [0.1, 0.15) is 11.1 Å². The van der Waals surface area contributed by atoms with Crippen molar-refractivity contribution in [2.45, 2.75) is 13.8 Å². The maximum Gasteiger partial charge on any atom is 0.142 e. The number of aliphatic hydroxyl groups is 1. The Morgan fingerprint density at radius 1 is 1.14 bits per heavy atom. The normalized spacial score (nSPS) is 11.0. The lowest BCUT2D eigenvalue weighted by atomic mass is 10.1. The van der Waals surface area contributed by atoms with Crippen molar-refractivity contribution in [3.8, 4) is 17.1 Å². The van der Waals surface area contributed by atoms with E-state index < -0.39 is 0 Å². The molecule has 3 rings (SSSR count). The van der Waals surface area contributed by atoms with Gasteiger partial charge in [-0.1, -0.05) is 18.2 Å². The van der Waals surface area contributed by atoms with Crippen LogP contribution in [0, 0.1) is 13.8 Å². The third-order valence-corrected chi connectivity index (χ3v) is 3.67. The van der Waals surface area contributed by atoms with Gasteiger partial charge in [0.05, 0.1) is 23.2 Å². The molecule has 2 aromatic carbocycles. The number of aryl methyl sites for hydroxylation is 2. The van der Waals surface area contributed by atoms with Gasteiger partial charge in [-0.15, -0.1) is 0 Å². The number of H-pyrrole nitrogens is 1. The number of nitrogens with one attached hydrogen (secondary N) is 1. The maximum atomic E-state index is 8.92. The molecule has 0 aliphatic carbocycles. The Hall–Kier alpha value is -2.33. The highest BCUT2D eigenvalue weighted by molar-refractivity contribution is 5.84. The van der Waals surface area contributed by atoms with Crippen molar-refractivity contribution in [1.82, 2.24) is 9.97 Å². The molecule has 3 aromatic rings. The predicted molar refractivity (Wildman–Crippen MR) is 83.6 cm³/mol. The quantitative estimate of drug-likeness (QED) is 0.772. The van der Waals surface area contributed by atoms with Gasteiger partial charge < -0.3 is 14.8 Å². The summed E-state index contributed by atoms with van der Waals surface area (Å²) in [5.74, 6) is 1.51. The number of aromatic amines is 1. The molecule has 4 nitrogen and oxygen atoms in total. The van der Waals surface area contributed by atoms with Gasteiger partial charge in [0.25, 0.3) is 0 Å². The predicted octanol–water partition coefficient (Wildman–Crippen LogP) is 3.22. The number of ether oxygens (including phenoxy) is 1.